The largest absolute Gasteiger partial charge is 0.493 e. The molecule has 1 amide bonds. The molecule has 0 spiro atoms. The summed E-state index contributed by atoms with van der Waals surface area (Å²) in [6.45, 7) is 8.20. The molecule has 0 aliphatic heterocycles. The third-order valence-electron chi connectivity index (χ3n) is 3.48. The number of benzene rings is 1. The molecule has 21 heavy (non-hydrogen) atoms. The zero-order valence-electron chi connectivity index (χ0n) is 14.0. The third-order valence-corrected chi connectivity index (χ3v) is 3.48. The van der Waals surface area contributed by atoms with E-state index in [0.29, 0.717) is 24.3 Å². The number of hydrogen-bond acceptors (Lipinski definition) is 3. The minimum Gasteiger partial charge on any atom is -0.493 e. The predicted molar refractivity (Wildman–Crippen MR) is 85.0 cm³/mol. The van der Waals surface area contributed by atoms with Crippen LogP contribution in [0.3, 0.4) is 0 Å². The van der Waals surface area contributed by atoms with E-state index in [1.54, 1.807) is 14.2 Å². The third kappa shape index (κ3) is 4.66. The molecular formula is C17H27NO3. The fourth-order valence-electron chi connectivity index (χ4n) is 2.59. The molecule has 0 heterocycles. The molecule has 118 valence electrons. The van der Waals surface area contributed by atoms with Gasteiger partial charge < -0.3 is 14.4 Å². The maximum absolute atomic E-state index is 12.3. The maximum atomic E-state index is 12.3. The summed E-state index contributed by atoms with van der Waals surface area (Å²) >= 11 is 0. The molecule has 0 radical (unpaired) electrons. The van der Waals surface area contributed by atoms with Crippen LogP contribution in [-0.2, 0) is 11.2 Å². The number of aryl methyl sites for hydroxylation is 1. The molecule has 4 heteroatoms. The first kappa shape index (κ1) is 17.3. The molecule has 0 N–H and O–H groups in total. The van der Waals surface area contributed by atoms with Gasteiger partial charge in [-0.05, 0) is 51.8 Å². The number of carbonyl (C=O) groups excluding carboxylic acids is 1. The molecule has 0 saturated carbocycles. The van der Waals surface area contributed by atoms with Crippen LogP contribution in [0.4, 0.5) is 0 Å². The van der Waals surface area contributed by atoms with E-state index in [1.165, 1.54) is 0 Å². The van der Waals surface area contributed by atoms with Crippen molar-refractivity contribution < 1.29 is 14.3 Å². The van der Waals surface area contributed by atoms with Gasteiger partial charge in [0.05, 0.1) is 14.2 Å². The molecule has 0 atom stereocenters. The summed E-state index contributed by atoms with van der Waals surface area (Å²) in [6.07, 6.45) is 1.21. The Hall–Kier alpha value is -1.71. The van der Waals surface area contributed by atoms with Gasteiger partial charge in [-0.2, -0.15) is 0 Å². The molecule has 0 aliphatic carbocycles. The van der Waals surface area contributed by atoms with Crippen molar-refractivity contribution in [3.63, 3.8) is 0 Å². The number of ether oxygens (including phenoxy) is 2. The van der Waals surface area contributed by atoms with Crippen LogP contribution in [0.15, 0.2) is 18.2 Å². The zero-order chi connectivity index (χ0) is 16.0. The highest BCUT2D eigenvalue weighted by molar-refractivity contribution is 5.77. The van der Waals surface area contributed by atoms with Crippen molar-refractivity contribution in [2.45, 2.75) is 52.6 Å². The number of nitrogens with zero attached hydrogens (tertiary/aromatic N) is 1. The topological polar surface area (TPSA) is 38.8 Å². The zero-order valence-corrected chi connectivity index (χ0v) is 14.0. The lowest BCUT2D eigenvalue weighted by Crippen LogP contribution is -2.42. The highest BCUT2D eigenvalue weighted by Gasteiger charge is 2.19. The highest BCUT2D eigenvalue weighted by atomic mass is 16.5. The summed E-state index contributed by atoms with van der Waals surface area (Å²) in [7, 11) is 3.23. The normalized spacial score (nSPS) is 10.9. The SMILES string of the molecule is COc1ccc(CCC(=O)N(C(C)C)C(C)C)cc1OC. The van der Waals surface area contributed by atoms with Crippen LogP contribution in [0.25, 0.3) is 0 Å². The Kier molecular flexibility index (Phi) is 6.53. The Morgan fingerprint density at radius 3 is 2.10 bits per heavy atom. The molecule has 1 aromatic rings. The van der Waals surface area contributed by atoms with Crippen molar-refractivity contribution >= 4 is 5.91 Å². The van der Waals surface area contributed by atoms with Crippen LogP contribution in [0.5, 0.6) is 11.5 Å². The van der Waals surface area contributed by atoms with Crippen molar-refractivity contribution in [2.75, 3.05) is 14.2 Å². The first-order valence-corrected chi connectivity index (χ1v) is 7.42. The second kappa shape index (κ2) is 7.91. The lowest BCUT2D eigenvalue weighted by atomic mass is 10.1. The van der Waals surface area contributed by atoms with Crippen molar-refractivity contribution in [3.05, 3.63) is 23.8 Å². The average Bonchev–Trinajstić information content (AvgIpc) is 2.43. The van der Waals surface area contributed by atoms with Gasteiger partial charge in [0.25, 0.3) is 0 Å². The van der Waals surface area contributed by atoms with Gasteiger partial charge in [0.1, 0.15) is 0 Å². The van der Waals surface area contributed by atoms with Crippen molar-refractivity contribution in [1.29, 1.82) is 0 Å². The van der Waals surface area contributed by atoms with Crippen molar-refractivity contribution in [1.82, 2.24) is 4.90 Å². The van der Waals surface area contributed by atoms with E-state index in [-0.39, 0.29) is 18.0 Å². The molecule has 0 fully saturated rings. The molecule has 0 bridgehead atoms. The van der Waals surface area contributed by atoms with Crippen LogP contribution in [0.2, 0.25) is 0 Å². The Balaban J connectivity index is 2.72. The maximum Gasteiger partial charge on any atom is 0.223 e. The van der Waals surface area contributed by atoms with Gasteiger partial charge >= 0.3 is 0 Å². The minimum atomic E-state index is 0.190. The summed E-state index contributed by atoms with van der Waals surface area (Å²) < 4.78 is 10.5. The van der Waals surface area contributed by atoms with E-state index in [0.717, 1.165) is 5.56 Å². The van der Waals surface area contributed by atoms with E-state index in [4.69, 9.17) is 9.47 Å². The van der Waals surface area contributed by atoms with Gasteiger partial charge in [-0.15, -0.1) is 0 Å². The number of amides is 1. The highest BCUT2D eigenvalue weighted by Crippen LogP contribution is 2.28. The van der Waals surface area contributed by atoms with Crippen LogP contribution in [-0.4, -0.2) is 37.1 Å². The van der Waals surface area contributed by atoms with E-state index in [2.05, 4.69) is 0 Å². The van der Waals surface area contributed by atoms with Gasteiger partial charge in [0.15, 0.2) is 11.5 Å². The lowest BCUT2D eigenvalue weighted by Gasteiger charge is -2.31. The van der Waals surface area contributed by atoms with E-state index in [9.17, 15) is 4.79 Å². The van der Waals surface area contributed by atoms with Crippen LogP contribution in [0.1, 0.15) is 39.7 Å². The van der Waals surface area contributed by atoms with Crippen LogP contribution >= 0.6 is 0 Å². The molecule has 0 aliphatic rings. The van der Waals surface area contributed by atoms with E-state index in [1.807, 2.05) is 50.8 Å². The van der Waals surface area contributed by atoms with Gasteiger partial charge in [0.2, 0.25) is 5.91 Å². The van der Waals surface area contributed by atoms with Gasteiger partial charge in [-0.25, -0.2) is 0 Å². The summed E-state index contributed by atoms with van der Waals surface area (Å²) in [5.74, 6) is 1.60. The van der Waals surface area contributed by atoms with Crippen molar-refractivity contribution in [2.24, 2.45) is 0 Å². The molecular weight excluding hydrogens is 266 g/mol. The van der Waals surface area contributed by atoms with Crippen LogP contribution in [0, 0.1) is 0 Å². The first-order chi connectivity index (χ1) is 9.90. The average molecular weight is 293 g/mol. The monoisotopic (exact) mass is 293 g/mol. The second-order valence-electron chi connectivity index (χ2n) is 5.68. The number of hydrogen-bond donors (Lipinski definition) is 0. The van der Waals surface area contributed by atoms with Gasteiger partial charge in [-0.1, -0.05) is 6.07 Å². The number of methoxy groups -OCH3 is 2. The van der Waals surface area contributed by atoms with Crippen LogP contribution < -0.4 is 9.47 Å². The Morgan fingerprint density at radius 1 is 1.05 bits per heavy atom. The van der Waals surface area contributed by atoms with Gasteiger partial charge in [0, 0.05) is 18.5 Å². The summed E-state index contributed by atoms with van der Waals surface area (Å²) in [6, 6.07) is 6.23. The second-order valence-corrected chi connectivity index (χ2v) is 5.68. The van der Waals surface area contributed by atoms with Gasteiger partial charge in [-0.3, -0.25) is 4.79 Å². The number of carbonyl (C=O) groups is 1. The summed E-state index contributed by atoms with van der Waals surface area (Å²) in [5, 5.41) is 0. The van der Waals surface area contributed by atoms with Crippen molar-refractivity contribution in [3.8, 4) is 11.5 Å². The Labute approximate surface area is 128 Å². The lowest BCUT2D eigenvalue weighted by molar-refractivity contribution is -0.134. The summed E-state index contributed by atoms with van der Waals surface area (Å²) in [5.41, 5.74) is 1.08. The quantitative estimate of drug-likeness (QED) is 0.774. The minimum absolute atomic E-state index is 0.190. The fraction of sp³-hybridized carbons (Fsp3) is 0.588. The molecule has 0 unspecified atom stereocenters. The molecule has 0 aromatic heterocycles. The summed E-state index contributed by atoms with van der Waals surface area (Å²) in [4.78, 5) is 14.3. The first-order valence-electron chi connectivity index (χ1n) is 7.42. The standard InChI is InChI=1S/C17H27NO3/c1-12(2)18(13(3)4)17(19)10-8-14-7-9-15(20-5)16(11-14)21-6/h7,9,11-13H,8,10H2,1-6H3. The fourth-order valence-corrected chi connectivity index (χ4v) is 2.59. The molecule has 0 saturated heterocycles. The smallest absolute Gasteiger partial charge is 0.223 e. The Morgan fingerprint density at radius 2 is 1.62 bits per heavy atom. The Bertz CT molecular complexity index is 461. The molecule has 1 aromatic carbocycles. The molecule has 1 rings (SSSR count). The van der Waals surface area contributed by atoms with E-state index >= 15 is 0 Å². The number of rotatable bonds is 7. The van der Waals surface area contributed by atoms with E-state index < -0.39 is 0 Å². The molecule has 4 nitrogen and oxygen atoms in total. The predicted octanol–water partition coefficient (Wildman–Crippen LogP) is 3.28.